The molecular formula is C18H18N2O5S. The van der Waals surface area contributed by atoms with Crippen LogP contribution in [0.4, 0.5) is 5.69 Å². The summed E-state index contributed by atoms with van der Waals surface area (Å²) in [5, 5.41) is 9.72. The molecule has 2 aromatic carbocycles. The molecule has 3 N–H and O–H groups in total. The normalized spacial score (nSPS) is 15.2. The van der Waals surface area contributed by atoms with Crippen LogP contribution in [-0.4, -0.2) is 42.2 Å². The molecule has 0 bridgehead atoms. The number of carbonyl (C=O) groups is 2. The molecule has 0 radical (unpaired) electrons. The molecule has 3 rings (SSSR count). The Balaban J connectivity index is 2.14. The Hall–Kier alpha value is -2.87. The van der Waals surface area contributed by atoms with E-state index in [1.54, 1.807) is 19.1 Å². The first kappa shape index (κ1) is 17.9. The number of benzene rings is 2. The highest BCUT2D eigenvalue weighted by atomic mass is 32.2. The monoisotopic (exact) mass is 374 g/mol. The molecule has 1 heterocycles. The molecule has 1 atom stereocenters. The molecule has 0 unspecified atom stereocenters. The van der Waals surface area contributed by atoms with Gasteiger partial charge < -0.3 is 10.8 Å². The van der Waals surface area contributed by atoms with E-state index in [2.05, 4.69) is 0 Å². The van der Waals surface area contributed by atoms with E-state index in [1.165, 1.54) is 24.3 Å². The minimum Gasteiger partial charge on any atom is -0.508 e. The van der Waals surface area contributed by atoms with E-state index >= 15 is 0 Å². The average Bonchev–Trinajstić information content (AvgIpc) is 2.80. The quantitative estimate of drug-likeness (QED) is 0.621. The molecule has 26 heavy (non-hydrogen) atoms. The maximum atomic E-state index is 12.9. The summed E-state index contributed by atoms with van der Waals surface area (Å²) in [5.74, 6) is -1.60. The van der Waals surface area contributed by atoms with E-state index in [-0.39, 0.29) is 22.6 Å². The Morgan fingerprint density at radius 1 is 1.15 bits per heavy atom. The standard InChI is InChI=1S/C18H18N2O5S/c1-10-8-11(6-7-15(10)21)14(9-26(2,24)25)20-17(22)12-4-3-5-13(19)16(12)18(20)23/h3-8,14,21H,9,19H2,1-2H3/t14-/m0/s1. The van der Waals surface area contributed by atoms with Gasteiger partial charge in [-0.2, -0.15) is 0 Å². The number of rotatable bonds is 4. The van der Waals surface area contributed by atoms with Gasteiger partial charge in [-0.15, -0.1) is 0 Å². The third-order valence-corrected chi connectivity index (χ3v) is 5.28. The second-order valence-corrected chi connectivity index (χ2v) is 8.59. The van der Waals surface area contributed by atoms with Gasteiger partial charge in [-0.3, -0.25) is 14.5 Å². The number of nitrogen functional groups attached to an aromatic ring is 1. The van der Waals surface area contributed by atoms with Crippen LogP contribution >= 0.6 is 0 Å². The number of hydrogen-bond donors (Lipinski definition) is 2. The zero-order chi connectivity index (χ0) is 19.2. The molecule has 0 aliphatic carbocycles. The zero-order valence-electron chi connectivity index (χ0n) is 14.3. The van der Waals surface area contributed by atoms with Crippen LogP contribution in [0.2, 0.25) is 0 Å². The lowest BCUT2D eigenvalue weighted by molar-refractivity contribution is 0.0598. The van der Waals surface area contributed by atoms with Gasteiger partial charge in [-0.25, -0.2) is 8.42 Å². The molecule has 0 aromatic heterocycles. The molecule has 136 valence electrons. The summed E-state index contributed by atoms with van der Waals surface area (Å²) in [7, 11) is -3.52. The number of phenols is 1. The van der Waals surface area contributed by atoms with Crippen molar-refractivity contribution in [3.63, 3.8) is 0 Å². The molecule has 0 spiro atoms. The van der Waals surface area contributed by atoms with Crippen LogP contribution in [0.1, 0.15) is 37.9 Å². The Kier molecular flexibility index (Phi) is 4.23. The minimum atomic E-state index is -3.52. The van der Waals surface area contributed by atoms with E-state index in [1.807, 2.05) is 0 Å². The molecule has 8 heteroatoms. The summed E-state index contributed by atoms with van der Waals surface area (Å²) in [6.07, 6.45) is 1.04. The maximum Gasteiger partial charge on any atom is 0.264 e. The van der Waals surface area contributed by atoms with Gasteiger partial charge >= 0.3 is 0 Å². The largest absolute Gasteiger partial charge is 0.508 e. The van der Waals surface area contributed by atoms with E-state index in [0.717, 1.165) is 11.2 Å². The number of anilines is 1. The van der Waals surface area contributed by atoms with E-state index in [0.29, 0.717) is 11.1 Å². The van der Waals surface area contributed by atoms with Crippen molar-refractivity contribution in [1.29, 1.82) is 0 Å². The van der Waals surface area contributed by atoms with Gasteiger partial charge in [0.05, 0.1) is 22.9 Å². The van der Waals surface area contributed by atoms with Crippen molar-refractivity contribution in [2.24, 2.45) is 0 Å². The Morgan fingerprint density at radius 2 is 1.85 bits per heavy atom. The highest BCUT2D eigenvalue weighted by Crippen LogP contribution is 2.35. The fraction of sp³-hybridized carbons (Fsp3) is 0.222. The average molecular weight is 374 g/mol. The van der Waals surface area contributed by atoms with Crippen LogP contribution in [0.25, 0.3) is 0 Å². The third kappa shape index (κ3) is 3.03. The van der Waals surface area contributed by atoms with Crippen LogP contribution in [-0.2, 0) is 9.84 Å². The van der Waals surface area contributed by atoms with Crippen LogP contribution < -0.4 is 5.73 Å². The first-order valence-corrected chi connectivity index (χ1v) is 9.90. The van der Waals surface area contributed by atoms with Crippen LogP contribution in [0.15, 0.2) is 36.4 Å². The van der Waals surface area contributed by atoms with Gasteiger partial charge in [0, 0.05) is 11.9 Å². The summed E-state index contributed by atoms with van der Waals surface area (Å²) >= 11 is 0. The summed E-state index contributed by atoms with van der Waals surface area (Å²) in [5.41, 5.74) is 7.22. The number of carbonyl (C=O) groups excluding carboxylic acids is 2. The second kappa shape index (κ2) is 6.14. The van der Waals surface area contributed by atoms with Gasteiger partial charge in [-0.05, 0) is 36.2 Å². The van der Waals surface area contributed by atoms with Crippen LogP contribution in [0, 0.1) is 6.92 Å². The molecule has 0 saturated carbocycles. The molecule has 0 saturated heterocycles. The van der Waals surface area contributed by atoms with E-state index in [4.69, 9.17) is 5.73 Å². The third-order valence-electron chi connectivity index (χ3n) is 4.36. The molecule has 1 aliphatic rings. The molecule has 2 amide bonds. The summed E-state index contributed by atoms with van der Waals surface area (Å²) in [6, 6.07) is 8.04. The zero-order valence-corrected chi connectivity index (χ0v) is 15.1. The van der Waals surface area contributed by atoms with Gasteiger partial charge in [-0.1, -0.05) is 18.2 Å². The van der Waals surface area contributed by atoms with Crippen molar-refractivity contribution >= 4 is 27.3 Å². The number of phenolic OH excluding ortho intramolecular Hbond substituents is 1. The molecule has 1 aliphatic heterocycles. The fourth-order valence-corrected chi connectivity index (χ4v) is 4.02. The number of fused-ring (bicyclic) bond motifs is 1. The van der Waals surface area contributed by atoms with Crippen LogP contribution in [0.5, 0.6) is 5.75 Å². The number of sulfone groups is 1. The SMILES string of the molecule is Cc1cc([C@H](CS(C)(=O)=O)N2C(=O)c3cccc(N)c3C2=O)ccc1O. The summed E-state index contributed by atoms with van der Waals surface area (Å²) in [6.45, 7) is 1.65. The second-order valence-electron chi connectivity index (χ2n) is 6.40. The topological polar surface area (TPSA) is 118 Å². The van der Waals surface area contributed by atoms with Crippen molar-refractivity contribution in [2.75, 3.05) is 17.7 Å². The number of aryl methyl sites for hydroxylation is 1. The van der Waals surface area contributed by atoms with Crippen molar-refractivity contribution in [3.8, 4) is 5.75 Å². The molecular weight excluding hydrogens is 356 g/mol. The van der Waals surface area contributed by atoms with Crippen molar-refractivity contribution in [1.82, 2.24) is 4.90 Å². The van der Waals surface area contributed by atoms with Crippen molar-refractivity contribution in [3.05, 3.63) is 58.7 Å². The van der Waals surface area contributed by atoms with Crippen LogP contribution in [0.3, 0.4) is 0 Å². The Labute approximate surface area is 151 Å². The van der Waals surface area contributed by atoms with Gasteiger partial charge in [0.2, 0.25) is 0 Å². The van der Waals surface area contributed by atoms with E-state index < -0.39 is 33.4 Å². The first-order chi connectivity index (χ1) is 12.1. The lowest BCUT2D eigenvalue weighted by atomic mass is 10.0. The fourth-order valence-electron chi connectivity index (χ4n) is 3.11. The predicted octanol–water partition coefficient (Wildman–Crippen LogP) is 1.66. The smallest absolute Gasteiger partial charge is 0.264 e. The van der Waals surface area contributed by atoms with Gasteiger partial charge in [0.25, 0.3) is 11.8 Å². The number of amides is 2. The van der Waals surface area contributed by atoms with Gasteiger partial charge in [0.1, 0.15) is 15.6 Å². The molecule has 7 nitrogen and oxygen atoms in total. The lowest BCUT2D eigenvalue weighted by Gasteiger charge is -2.26. The number of imide groups is 1. The number of nitrogens with two attached hydrogens (primary N) is 1. The van der Waals surface area contributed by atoms with Crippen molar-refractivity contribution in [2.45, 2.75) is 13.0 Å². The van der Waals surface area contributed by atoms with Gasteiger partial charge in [0.15, 0.2) is 0 Å². The predicted molar refractivity (Wildman–Crippen MR) is 96.7 cm³/mol. The number of nitrogens with zero attached hydrogens (tertiary/aromatic N) is 1. The summed E-state index contributed by atoms with van der Waals surface area (Å²) in [4.78, 5) is 26.6. The first-order valence-electron chi connectivity index (χ1n) is 7.84. The summed E-state index contributed by atoms with van der Waals surface area (Å²) < 4.78 is 23.9. The molecule has 0 fully saturated rings. The van der Waals surface area contributed by atoms with Crippen molar-refractivity contribution < 1.29 is 23.1 Å². The minimum absolute atomic E-state index is 0.0402. The van der Waals surface area contributed by atoms with E-state index in [9.17, 15) is 23.1 Å². The molecule has 2 aromatic rings. The highest BCUT2D eigenvalue weighted by Gasteiger charge is 2.42. The lowest BCUT2D eigenvalue weighted by Crippen LogP contribution is -2.37. The Morgan fingerprint density at radius 3 is 2.42 bits per heavy atom. The number of aromatic hydroxyl groups is 1. The number of hydrogen-bond acceptors (Lipinski definition) is 6. The Bertz CT molecular complexity index is 1030. The maximum absolute atomic E-state index is 12.9. The highest BCUT2D eigenvalue weighted by molar-refractivity contribution is 7.90.